The van der Waals surface area contributed by atoms with Crippen molar-refractivity contribution < 1.29 is 19.1 Å². The number of hydrogen-bond acceptors (Lipinski definition) is 4. The summed E-state index contributed by atoms with van der Waals surface area (Å²) in [4.78, 5) is 23.8. The van der Waals surface area contributed by atoms with Crippen LogP contribution in [0.2, 0.25) is 10.0 Å². The summed E-state index contributed by atoms with van der Waals surface area (Å²) in [6, 6.07) is 4.99. The van der Waals surface area contributed by atoms with Crippen molar-refractivity contribution in [3.8, 4) is 0 Å². The fourth-order valence-electron chi connectivity index (χ4n) is 1.68. The van der Waals surface area contributed by atoms with Gasteiger partial charge in [0.15, 0.2) is 5.92 Å². The van der Waals surface area contributed by atoms with E-state index < -0.39 is 17.9 Å². The Morgan fingerprint density at radius 3 is 1.90 bits per heavy atom. The molecule has 1 aromatic rings. The first-order valence-corrected chi connectivity index (χ1v) is 7.03. The topological polar surface area (TPSA) is 52.6 Å². The zero-order chi connectivity index (χ0) is 15.1. The molecule has 0 aliphatic carbocycles. The minimum Gasteiger partial charge on any atom is -0.465 e. The summed E-state index contributed by atoms with van der Waals surface area (Å²) in [6.45, 7) is 3.71. The van der Waals surface area contributed by atoms with Crippen LogP contribution in [-0.2, 0) is 25.5 Å². The lowest BCUT2D eigenvalue weighted by Gasteiger charge is -2.15. The van der Waals surface area contributed by atoms with Crippen LogP contribution in [0.5, 0.6) is 0 Å². The molecule has 6 heteroatoms. The Kier molecular flexibility index (Phi) is 6.82. The van der Waals surface area contributed by atoms with Crippen LogP contribution in [0.15, 0.2) is 18.2 Å². The average Bonchev–Trinajstić information content (AvgIpc) is 2.38. The number of hydrogen-bond donors (Lipinski definition) is 0. The number of carbonyl (C=O) groups is 2. The lowest BCUT2D eigenvalue weighted by Crippen LogP contribution is -2.30. The normalized spacial score (nSPS) is 10.4. The van der Waals surface area contributed by atoms with Crippen LogP contribution >= 0.6 is 23.2 Å². The van der Waals surface area contributed by atoms with E-state index in [0.717, 1.165) is 0 Å². The molecule has 0 fully saturated rings. The van der Waals surface area contributed by atoms with Crippen molar-refractivity contribution in [2.75, 3.05) is 13.2 Å². The molecule has 0 aliphatic rings. The third-order valence-corrected chi connectivity index (χ3v) is 3.32. The van der Waals surface area contributed by atoms with Gasteiger partial charge in [0.05, 0.1) is 13.2 Å². The molecule has 110 valence electrons. The fourth-order valence-corrected chi connectivity index (χ4v) is 2.23. The van der Waals surface area contributed by atoms with Gasteiger partial charge < -0.3 is 9.47 Å². The highest BCUT2D eigenvalue weighted by atomic mass is 35.5. The van der Waals surface area contributed by atoms with Crippen LogP contribution in [-0.4, -0.2) is 25.2 Å². The van der Waals surface area contributed by atoms with Crippen molar-refractivity contribution in [2.45, 2.75) is 20.3 Å². The van der Waals surface area contributed by atoms with Crippen LogP contribution < -0.4 is 0 Å². The molecule has 20 heavy (non-hydrogen) atoms. The Hall–Kier alpha value is -1.26. The number of carbonyl (C=O) groups excluding carboxylic acids is 2. The van der Waals surface area contributed by atoms with Crippen molar-refractivity contribution in [2.24, 2.45) is 5.92 Å². The van der Waals surface area contributed by atoms with E-state index in [4.69, 9.17) is 32.7 Å². The van der Waals surface area contributed by atoms with Crippen LogP contribution in [0.3, 0.4) is 0 Å². The lowest BCUT2D eigenvalue weighted by atomic mass is 9.99. The van der Waals surface area contributed by atoms with Gasteiger partial charge in [0.2, 0.25) is 0 Å². The molecule has 1 aromatic carbocycles. The fraction of sp³-hybridized carbons (Fsp3) is 0.429. The van der Waals surface area contributed by atoms with E-state index in [1.807, 2.05) is 0 Å². The molecule has 4 nitrogen and oxygen atoms in total. The molecule has 0 saturated heterocycles. The van der Waals surface area contributed by atoms with Crippen LogP contribution in [0, 0.1) is 5.92 Å². The molecule has 0 unspecified atom stereocenters. The van der Waals surface area contributed by atoms with Gasteiger partial charge in [-0.3, -0.25) is 9.59 Å². The van der Waals surface area contributed by atoms with E-state index in [2.05, 4.69) is 0 Å². The van der Waals surface area contributed by atoms with E-state index in [9.17, 15) is 9.59 Å². The maximum absolute atomic E-state index is 11.9. The maximum atomic E-state index is 11.9. The smallest absolute Gasteiger partial charge is 0.320 e. The second-order valence-corrected chi connectivity index (χ2v) is 4.78. The number of rotatable bonds is 6. The van der Waals surface area contributed by atoms with E-state index in [-0.39, 0.29) is 19.6 Å². The number of halogens is 2. The van der Waals surface area contributed by atoms with Gasteiger partial charge in [-0.1, -0.05) is 29.3 Å². The first-order chi connectivity index (χ1) is 9.51. The van der Waals surface area contributed by atoms with Crippen LogP contribution in [0.25, 0.3) is 0 Å². The Labute approximate surface area is 128 Å². The highest BCUT2D eigenvalue weighted by molar-refractivity contribution is 6.36. The molecule has 0 heterocycles. The Bertz CT molecular complexity index is 450. The summed E-state index contributed by atoms with van der Waals surface area (Å²) in [5.74, 6) is -2.34. The molecule has 0 amide bonds. The molecular formula is C14H16Cl2O4. The number of benzene rings is 1. The van der Waals surface area contributed by atoms with Gasteiger partial charge in [0.25, 0.3) is 0 Å². The SMILES string of the molecule is CCOC(=O)C(Cc1c(Cl)cccc1Cl)C(=O)OCC. The molecule has 0 radical (unpaired) electrons. The predicted octanol–water partition coefficient (Wildman–Crippen LogP) is 3.28. The summed E-state index contributed by atoms with van der Waals surface area (Å²) in [7, 11) is 0. The van der Waals surface area contributed by atoms with Crippen molar-refractivity contribution in [1.29, 1.82) is 0 Å². The third kappa shape index (κ3) is 4.39. The molecular weight excluding hydrogens is 303 g/mol. The Morgan fingerprint density at radius 1 is 1.05 bits per heavy atom. The monoisotopic (exact) mass is 318 g/mol. The Balaban J connectivity index is 3.00. The van der Waals surface area contributed by atoms with Gasteiger partial charge >= 0.3 is 11.9 Å². The summed E-state index contributed by atoms with van der Waals surface area (Å²) in [6.07, 6.45) is 0.0518. The molecule has 0 spiro atoms. The summed E-state index contributed by atoms with van der Waals surface area (Å²) in [5, 5.41) is 0.798. The standard InChI is InChI=1S/C14H16Cl2O4/c1-3-19-13(17)10(14(18)20-4-2)8-9-11(15)6-5-7-12(9)16/h5-7,10H,3-4,8H2,1-2H3. The molecule has 1 rings (SSSR count). The minimum absolute atomic E-state index is 0.0518. The van der Waals surface area contributed by atoms with Crippen molar-refractivity contribution >= 4 is 35.1 Å². The van der Waals surface area contributed by atoms with Gasteiger partial charge in [0, 0.05) is 10.0 Å². The van der Waals surface area contributed by atoms with Crippen molar-refractivity contribution in [1.82, 2.24) is 0 Å². The zero-order valence-electron chi connectivity index (χ0n) is 11.3. The van der Waals surface area contributed by atoms with Gasteiger partial charge in [-0.05, 0) is 38.0 Å². The second kappa shape index (κ2) is 8.12. The van der Waals surface area contributed by atoms with Crippen LogP contribution in [0.4, 0.5) is 0 Å². The van der Waals surface area contributed by atoms with E-state index >= 15 is 0 Å². The summed E-state index contributed by atoms with van der Waals surface area (Å²) < 4.78 is 9.80. The highest BCUT2D eigenvalue weighted by Gasteiger charge is 2.31. The van der Waals surface area contributed by atoms with Gasteiger partial charge in [0.1, 0.15) is 0 Å². The summed E-state index contributed by atoms with van der Waals surface area (Å²) >= 11 is 12.1. The van der Waals surface area contributed by atoms with Crippen molar-refractivity contribution in [3.05, 3.63) is 33.8 Å². The number of ether oxygens (including phenoxy) is 2. The first kappa shape index (κ1) is 16.8. The lowest BCUT2D eigenvalue weighted by molar-refractivity contribution is -0.161. The molecule has 0 saturated carbocycles. The molecule has 0 atom stereocenters. The number of esters is 2. The van der Waals surface area contributed by atoms with Gasteiger partial charge in [-0.15, -0.1) is 0 Å². The molecule has 0 N–H and O–H groups in total. The molecule has 0 bridgehead atoms. The predicted molar refractivity (Wildman–Crippen MR) is 76.9 cm³/mol. The largest absolute Gasteiger partial charge is 0.465 e. The summed E-state index contributed by atoms with van der Waals surface area (Å²) in [5.41, 5.74) is 0.530. The second-order valence-electron chi connectivity index (χ2n) is 3.96. The molecule has 0 aliphatic heterocycles. The quantitative estimate of drug-likeness (QED) is 0.596. The van der Waals surface area contributed by atoms with E-state index in [1.54, 1.807) is 32.0 Å². The third-order valence-electron chi connectivity index (χ3n) is 2.61. The molecule has 0 aromatic heterocycles. The zero-order valence-corrected chi connectivity index (χ0v) is 12.8. The van der Waals surface area contributed by atoms with Gasteiger partial charge in [-0.25, -0.2) is 0 Å². The highest BCUT2D eigenvalue weighted by Crippen LogP contribution is 2.27. The minimum atomic E-state index is -1.06. The van der Waals surface area contributed by atoms with E-state index in [1.165, 1.54) is 0 Å². The average molecular weight is 319 g/mol. The maximum Gasteiger partial charge on any atom is 0.320 e. The van der Waals surface area contributed by atoms with Gasteiger partial charge in [-0.2, -0.15) is 0 Å². The van der Waals surface area contributed by atoms with Crippen LogP contribution in [0.1, 0.15) is 19.4 Å². The van der Waals surface area contributed by atoms with Crippen molar-refractivity contribution in [3.63, 3.8) is 0 Å². The van der Waals surface area contributed by atoms with E-state index in [0.29, 0.717) is 15.6 Å². The Morgan fingerprint density at radius 2 is 1.50 bits per heavy atom. The first-order valence-electron chi connectivity index (χ1n) is 6.27.